The predicted octanol–water partition coefficient (Wildman–Crippen LogP) is 4.23. The van der Waals surface area contributed by atoms with Crippen molar-refractivity contribution in [1.82, 2.24) is 0 Å². The van der Waals surface area contributed by atoms with Crippen LogP contribution < -0.4 is 9.47 Å². The summed E-state index contributed by atoms with van der Waals surface area (Å²) in [4.78, 5) is 22.7. The molecule has 0 amide bonds. The van der Waals surface area contributed by atoms with Crippen LogP contribution in [0, 0.1) is 0 Å². The number of allylic oxidation sites excluding steroid dienone is 1. The fraction of sp³-hybridized carbons (Fsp3) is 0.238. The van der Waals surface area contributed by atoms with Gasteiger partial charge in [0.15, 0.2) is 5.78 Å². The molecule has 2 aromatic rings. The summed E-state index contributed by atoms with van der Waals surface area (Å²) < 4.78 is 11.0. The topological polar surface area (TPSA) is 72.8 Å². The Morgan fingerprint density at radius 3 is 2.46 bits per heavy atom. The Balaban J connectivity index is 1.94. The van der Waals surface area contributed by atoms with Crippen LogP contribution in [0.4, 0.5) is 0 Å². The van der Waals surface area contributed by atoms with E-state index in [1.54, 1.807) is 30.3 Å². The van der Waals surface area contributed by atoms with Gasteiger partial charge in [0.25, 0.3) is 0 Å². The van der Waals surface area contributed by atoms with E-state index in [1.807, 2.05) is 31.2 Å². The number of carboxylic acid groups (broad SMARTS) is 1. The average molecular weight is 354 g/mol. The third kappa shape index (κ3) is 6.09. The van der Waals surface area contributed by atoms with E-state index >= 15 is 0 Å². The normalized spacial score (nSPS) is 10.7. The van der Waals surface area contributed by atoms with E-state index in [2.05, 4.69) is 0 Å². The summed E-state index contributed by atoms with van der Waals surface area (Å²) >= 11 is 0. The molecule has 0 heterocycles. The molecule has 5 nitrogen and oxygen atoms in total. The Morgan fingerprint density at radius 2 is 1.77 bits per heavy atom. The zero-order valence-corrected chi connectivity index (χ0v) is 14.7. The van der Waals surface area contributed by atoms with Crippen molar-refractivity contribution in [3.05, 3.63) is 65.7 Å². The molecular formula is C21H22O5. The summed E-state index contributed by atoms with van der Waals surface area (Å²) in [6, 6.07) is 14.3. The van der Waals surface area contributed by atoms with Crippen LogP contribution in [-0.2, 0) is 4.79 Å². The Labute approximate surface area is 152 Å². The highest BCUT2D eigenvalue weighted by Gasteiger charge is 2.04. The lowest BCUT2D eigenvalue weighted by Crippen LogP contribution is -2.02. The third-order valence-electron chi connectivity index (χ3n) is 3.58. The molecule has 26 heavy (non-hydrogen) atoms. The van der Waals surface area contributed by atoms with Crippen LogP contribution >= 0.6 is 0 Å². The first-order valence-electron chi connectivity index (χ1n) is 8.49. The maximum atomic E-state index is 12.3. The summed E-state index contributed by atoms with van der Waals surface area (Å²) in [6.45, 7) is 2.80. The Hall–Kier alpha value is -3.08. The van der Waals surface area contributed by atoms with Crippen LogP contribution in [0.2, 0.25) is 0 Å². The summed E-state index contributed by atoms with van der Waals surface area (Å²) in [6.07, 6.45) is 3.77. The largest absolute Gasteiger partial charge is 0.494 e. The third-order valence-corrected chi connectivity index (χ3v) is 3.58. The van der Waals surface area contributed by atoms with Gasteiger partial charge in [0, 0.05) is 17.5 Å². The molecule has 0 aromatic heterocycles. The molecule has 0 atom stereocenters. The average Bonchev–Trinajstić information content (AvgIpc) is 2.65. The van der Waals surface area contributed by atoms with E-state index in [0.29, 0.717) is 30.9 Å². The number of hydrogen-bond donors (Lipinski definition) is 1. The number of rotatable bonds is 10. The molecule has 2 rings (SSSR count). The van der Waals surface area contributed by atoms with Gasteiger partial charge in [-0.3, -0.25) is 9.59 Å². The Bertz CT molecular complexity index is 762. The van der Waals surface area contributed by atoms with E-state index in [0.717, 1.165) is 11.3 Å². The van der Waals surface area contributed by atoms with E-state index in [4.69, 9.17) is 14.6 Å². The van der Waals surface area contributed by atoms with Gasteiger partial charge in [0.2, 0.25) is 0 Å². The fourth-order valence-electron chi connectivity index (χ4n) is 2.30. The maximum Gasteiger partial charge on any atom is 0.303 e. The molecular weight excluding hydrogens is 332 g/mol. The maximum absolute atomic E-state index is 12.3. The smallest absolute Gasteiger partial charge is 0.303 e. The van der Waals surface area contributed by atoms with Gasteiger partial charge in [-0.15, -0.1) is 0 Å². The zero-order valence-electron chi connectivity index (χ0n) is 14.7. The molecule has 0 aliphatic carbocycles. The second kappa shape index (κ2) is 10.0. The fourth-order valence-corrected chi connectivity index (χ4v) is 2.30. The minimum absolute atomic E-state index is 0.0740. The van der Waals surface area contributed by atoms with Crippen molar-refractivity contribution in [2.75, 3.05) is 13.2 Å². The minimum atomic E-state index is -0.841. The summed E-state index contributed by atoms with van der Waals surface area (Å²) in [5, 5.41) is 8.58. The highest BCUT2D eigenvalue weighted by Crippen LogP contribution is 2.20. The van der Waals surface area contributed by atoms with Crippen molar-refractivity contribution in [2.24, 2.45) is 0 Å². The van der Waals surface area contributed by atoms with Crippen molar-refractivity contribution in [1.29, 1.82) is 0 Å². The van der Waals surface area contributed by atoms with Crippen LogP contribution in [0.25, 0.3) is 6.08 Å². The van der Waals surface area contributed by atoms with Gasteiger partial charge in [-0.1, -0.05) is 18.2 Å². The number of ether oxygens (including phenoxy) is 2. The summed E-state index contributed by atoms with van der Waals surface area (Å²) in [5.41, 5.74) is 1.40. The van der Waals surface area contributed by atoms with Crippen LogP contribution in [-0.4, -0.2) is 30.1 Å². The minimum Gasteiger partial charge on any atom is -0.494 e. The van der Waals surface area contributed by atoms with Gasteiger partial charge in [0.05, 0.1) is 13.2 Å². The van der Waals surface area contributed by atoms with Crippen LogP contribution in [0.5, 0.6) is 11.5 Å². The molecule has 0 saturated carbocycles. The number of carboxylic acids is 1. The van der Waals surface area contributed by atoms with Crippen molar-refractivity contribution in [3.8, 4) is 11.5 Å². The molecule has 0 unspecified atom stereocenters. The van der Waals surface area contributed by atoms with Crippen LogP contribution in [0.3, 0.4) is 0 Å². The molecule has 0 radical (unpaired) electrons. The van der Waals surface area contributed by atoms with Crippen LogP contribution in [0.15, 0.2) is 54.6 Å². The standard InChI is InChI=1S/C21H22O5/c1-2-25-20-7-4-3-6-17(20)11-14-19(22)16-9-12-18(13-10-16)26-15-5-8-21(23)24/h3-4,6-7,9-14H,2,5,8,15H2,1H3,(H,23,24)/b14-11+. The van der Waals surface area contributed by atoms with Crippen molar-refractivity contribution < 1.29 is 24.2 Å². The lowest BCUT2D eigenvalue weighted by molar-refractivity contribution is -0.137. The molecule has 0 aliphatic heterocycles. The van der Waals surface area contributed by atoms with Gasteiger partial charge in [0.1, 0.15) is 11.5 Å². The van der Waals surface area contributed by atoms with Crippen molar-refractivity contribution in [2.45, 2.75) is 19.8 Å². The van der Waals surface area contributed by atoms with Gasteiger partial charge in [-0.05, 0) is 55.8 Å². The molecule has 0 fully saturated rings. The molecule has 0 saturated heterocycles. The lowest BCUT2D eigenvalue weighted by atomic mass is 10.1. The second-order valence-electron chi connectivity index (χ2n) is 5.54. The number of hydrogen-bond acceptors (Lipinski definition) is 4. The monoisotopic (exact) mass is 354 g/mol. The molecule has 2 aromatic carbocycles. The van der Waals surface area contributed by atoms with Gasteiger partial charge in [-0.25, -0.2) is 0 Å². The molecule has 0 spiro atoms. The van der Waals surface area contributed by atoms with E-state index in [1.165, 1.54) is 6.08 Å². The molecule has 1 N–H and O–H groups in total. The highest BCUT2D eigenvalue weighted by atomic mass is 16.5. The number of carbonyl (C=O) groups is 2. The quantitative estimate of drug-likeness (QED) is 0.393. The number of aliphatic carboxylic acids is 1. The van der Waals surface area contributed by atoms with E-state index in [-0.39, 0.29) is 12.2 Å². The lowest BCUT2D eigenvalue weighted by Gasteiger charge is -2.06. The van der Waals surface area contributed by atoms with E-state index in [9.17, 15) is 9.59 Å². The number of carbonyl (C=O) groups excluding carboxylic acids is 1. The molecule has 0 aliphatic rings. The summed E-state index contributed by atoms with van der Waals surface area (Å²) in [7, 11) is 0. The van der Waals surface area contributed by atoms with Gasteiger partial charge >= 0.3 is 5.97 Å². The van der Waals surface area contributed by atoms with Crippen molar-refractivity contribution >= 4 is 17.8 Å². The first-order chi connectivity index (χ1) is 12.6. The van der Waals surface area contributed by atoms with Crippen molar-refractivity contribution in [3.63, 3.8) is 0 Å². The van der Waals surface area contributed by atoms with Gasteiger partial charge in [-0.2, -0.15) is 0 Å². The first kappa shape index (κ1) is 19.2. The SMILES string of the molecule is CCOc1ccccc1/C=C/C(=O)c1ccc(OCCCC(=O)O)cc1. The summed E-state index contributed by atoms with van der Waals surface area (Å²) in [5.74, 6) is 0.391. The molecule has 0 bridgehead atoms. The number of benzene rings is 2. The van der Waals surface area contributed by atoms with E-state index < -0.39 is 5.97 Å². The molecule has 5 heteroatoms. The Kier molecular flexibility index (Phi) is 7.43. The highest BCUT2D eigenvalue weighted by molar-refractivity contribution is 6.07. The zero-order chi connectivity index (χ0) is 18.8. The van der Waals surface area contributed by atoms with Gasteiger partial charge < -0.3 is 14.6 Å². The predicted molar refractivity (Wildman–Crippen MR) is 99.8 cm³/mol. The van der Waals surface area contributed by atoms with Crippen LogP contribution in [0.1, 0.15) is 35.7 Å². The Morgan fingerprint density at radius 1 is 1.04 bits per heavy atom. The number of para-hydroxylation sites is 1. The second-order valence-corrected chi connectivity index (χ2v) is 5.54. The first-order valence-corrected chi connectivity index (χ1v) is 8.49. The molecule has 136 valence electrons. The number of ketones is 1.